The molecule has 1 aliphatic rings. The molecule has 1 aromatic heterocycles. The molecule has 0 saturated carbocycles. The predicted octanol–water partition coefficient (Wildman–Crippen LogP) is 4.56. The van der Waals surface area contributed by atoms with Crippen LogP contribution < -0.4 is 10.6 Å². The van der Waals surface area contributed by atoms with Crippen LogP contribution in [0.2, 0.25) is 0 Å². The molecule has 176 valence electrons. The predicted molar refractivity (Wildman–Crippen MR) is 122 cm³/mol. The van der Waals surface area contributed by atoms with E-state index in [1.165, 1.54) is 6.07 Å². The lowest BCUT2D eigenvalue weighted by molar-refractivity contribution is -0.137. The quantitative estimate of drug-likeness (QED) is 0.491. The summed E-state index contributed by atoms with van der Waals surface area (Å²) in [5, 5.41) is 23.8. The summed E-state index contributed by atoms with van der Waals surface area (Å²) < 4.78 is 39.4. The molecule has 0 spiro atoms. The average Bonchev–Trinajstić information content (AvgIpc) is 2.79. The molecule has 0 unspecified atom stereocenters. The van der Waals surface area contributed by atoms with E-state index in [2.05, 4.69) is 32.8 Å². The summed E-state index contributed by atoms with van der Waals surface area (Å²) in [5.41, 5.74) is 0.791. The van der Waals surface area contributed by atoms with Gasteiger partial charge in [-0.2, -0.15) is 13.2 Å². The standard InChI is InChI=1S/C22H24F3N5.CH2O2/c1-26-19-12-14(22(23,24)25)9-10-18(19)20-16-7-3-4-8-17(16)21(29-28-20)27-15-6-5-11-30(2)13-15;2-1-3/h3-4,7-10,12,15,26H,5-6,11,13H2,1-2H3,(H,27,29);1H,(H,2,3)/t15-;/m1./s1. The minimum atomic E-state index is -4.40. The monoisotopic (exact) mass is 461 g/mol. The van der Waals surface area contributed by atoms with Crippen molar-refractivity contribution in [2.75, 3.05) is 37.8 Å². The molecule has 7 nitrogen and oxygen atoms in total. The molecule has 0 radical (unpaired) electrons. The van der Waals surface area contributed by atoms with Crippen molar-refractivity contribution in [2.24, 2.45) is 0 Å². The van der Waals surface area contributed by atoms with Crippen LogP contribution in [0.4, 0.5) is 24.7 Å². The molecule has 0 aliphatic carbocycles. The number of hydrogen-bond acceptors (Lipinski definition) is 6. The van der Waals surface area contributed by atoms with Gasteiger partial charge < -0.3 is 20.6 Å². The molecule has 0 amide bonds. The van der Waals surface area contributed by atoms with Crippen molar-refractivity contribution in [3.8, 4) is 11.3 Å². The molecule has 3 aromatic rings. The first-order valence-electron chi connectivity index (χ1n) is 10.5. The van der Waals surface area contributed by atoms with Gasteiger partial charge in [0, 0.05) is 41.7 Å². The van der Waals surface area contributed by atoms with Gasteiger partial charge in [0.05, 0.1) is 5.56 Å². The number of likely N-dealkylation sites (N-methyl/N-ethyl adjacent to an activating group) is 1. The van der Waals surface area contributed by atoms with Crippen LogP contribution in [-0.4, -0.2) is 59.9 Å². The molecule has 1 aliphatic heterocycles. The zero-order valence-corrected chi connectivity index (χ0v) is 18.4. The fourth-order valence-electron chi connectivity index (χ4n) is 4.02. The first kappa shape index (κ1) is 24.2. The first-order valence-corrected chi connectivity index (χ1v) is 10.5. The molecule has 1 saturated heterocycles. The van der Waals surface area contributed by atoms with Crippen molar-refractivity contribution < 1.29 is 23.1 Å². The smallest absolute Gasteiger partial charge is 0.416 e. The number of carboxylic acid groups (broad SMARTS) is 1. The van der Waals surface area contributed by atoms with Gasteiger partial charge in [0.1, 0.15) is 5.69 Å². The summed E-state index contributed by atoms with van der Waals surface area (Å²) in [6.07, 6.45) is -2.22. The Morgan fingerprint density at radius 3 is 2.48 bits per heavy atom. The van der Waals surface area contributed by atoms with E-state index in [0.29, 0.717) is 22.8 Å². The number of aromatic nitrogens is 2. The Kier molecular flexibility index (Phi) is 7.70. The summed E-state index contributed by atoms with van der Waals surface area (Å²) in [4.78, 5) is 10.6. The summed E-state index contributed by atoms with van der Waals surface area (Å²) >= 11 is 0. The Morgan fingerprint density at radius 2 is 1.85 bits per heavy atom. The van der Waals surface area contributed by atoms with Crippen molar-refractivity contribution >= 4 is 28.7 Å². The van der Waals surface area contributed by atoms with E-state index in [1.54, 1.807) is 7.05 Å². The van der Waals surface area contributed by atoms with Crippen molar-refractivity contribution in [3.63, 3.8) is 0 Å². The molecular weight excluding hydrogens is 435 g/mol. The highest BCUT2D eigenvalue weighted by Crippen LogP contribution is 2.38. The van der Waals surface area contributed by atoms with Crippen LogP contribution >= 0.6 is 0 Å². The fraction of sp³-hybridized carbons (Fsp3) is 0.348. The number of fused-ring (bicyclic) bond motifs is 1. The second kappa shape index (κ2) is 10.5. The molecule has 33 heavy (non-hydrogen) atoms. The fourth-order valence-corrected chi connectivity index (χ4v) is 4.02. The summed E-state index contributed by atoms with van der Waals surface area (Å²) in [6, 6.07) is 11.6. The molecule has 3 N–H and O–H groups in total. The van der Waals surface area contributed by atoms with Gasteiger partial charge in [0.25, 0.3) is 6.47 Å². The molecule has 2 aromatic carbocycles. The van der Waals surface area contributed by atoms with Gasteiger partial charge in [0.2, 0.25) is 0 Å². The topological polar surface area (TPSA) is 90.4 Å². The van der Waals surface area contributed by atoms with E-state index in [4.69, 9.17) is 9.90 Å². The number of nitrogens with zero attached hydrogens (tertiary/aromatic N) is 3. The molecule has 1 fully saturated rings. The van der Waals surface area contributed by atoms with Crippen molar-refractivity contribution in [2.45, 2.75) is 25.1 Å². The molecule has 1 atom stereocenters. The number of anilines is 2. The number of likely N-dealkylation sites (tertiary alicyclic amines) is 1. The van der Waals surface area contributed by atoms with E-state index in [0.717, 1.165) is 48.8 Å². The number of piperidine rings is 1. The van der Waals surface area contributed by atoms with Crippen LogP contribution in [0.1, 0.15) is 18.4 Å². The van der Waals surface area contributed by atoms with Crippen LogP contribution in [0.5, 0.6) is 0 Å². The van der Waals surface area contributed by atoms with E-state index < -0.39 is 11.7 Å². The molecule has 4 rings (SSSR count). The van der Waals surface area contributed by atoms with Crippen LogP contribution in [-0.2, 0) is 11.0 Å². The number of nitrogens with one attached hydrogen (secondary N) is 2. The van der Waals surface area contributed by atoms with Gasteiger partial charge in [-0.15, -0.1) is 10.2 Å². The largest absolute Gasteiger partial charge is 0.483 e. The van der Waals surface area contributed by atoms with Gasteiger partial charge in [-0.25, -0.2) is 0 Å². The Balaban J connectivity index is 0.000000968. The van der Waals surface area contributed by atoms with Crippen molar-refractivity contribution in [1.29, 1.82) is 0 Å². The number of halogens is 3. The van der Waals surface area contributed by atoms with Gasteiger partial charge in [-0.1, -0.05) is 30.3 Å². The normalized spacial score (nSPS) is 16.6. The second-order valence-electron chi connectivity index (χ2n) is 7.80. The summed E-state index contributed by atoms with van der Waals surface area (Å²) in [6.45, 7) is 1.77. The van der Waals surface area contributed by atoms with E-state index in [1.807, 2.05) is 24.3 Å². The SMILES string of the molecule is CNc1cc(C(F)(F)F)ccc1-c1nnc(N[C@@H]2CCCN(C)C2)c2ccccc12.O=CO. The van der Waals surface area contributed by atoms with Crippen LogP contribution in [0, 0.1) is 0 Å². The Hall–Kier alpha value is -3.40. The Labute approximate surface area is 189 Å². The maximum atomic E-state index is 13.1. The molecular formula is C23H26F3N5O2. The van der Waals surface area contributed by atoms with Crippen LogP contribution in [0.3, 0.4) is 0 Å². The van der Waals surface area contributed by atoms with Crippen LogP contribution in [0.25, 0.3) is 22.0 Å². The highest BCUT2D eigenvalue weighted by atomic mass is 19.4. The number of hydrogen-bond donors (Lipinski definition) is 3. The van der Waals surface area contributed by atoms with Crippen LogP contribution in [0.15, 0.2) is 42.5 Å². The van der Waals surface area contributed by atoms with Gasteiger partial charge >= 0.3 is 6.18 Å². The number of benzene rings is 2. The van der Waals surface area contributed by atoms with Crippen molar-refractivity contribution in [3.05, 3.63) is 48.0 Å². The molecule has 2 heterocycles. The lowest BCUT2D eigenvalue weighted by atomic mass is 10.0. The maximum Gasteiger partial charge on any atom is 0.416 e. The third-order valence-electron chi connectivity index (χ3n) is 5.52. The van der Waals surface area contributed by atoms with E-state index >= 15 is 0 Å². The lowest BCUT2D eigenvalue weighted by Crippen LogP contribution is -2.40. The molecule has 0 bridgehead atoms. The minimum absolute atomic E-state index is 0.250. The third-order valence-corrected chi connectivity index (χ3v) is 5.52. The minimum Gasteiger partial charge on any atom is -0.483 e. The van der Waals surface area contributed by atoms with Gasteiger partial charge in [0.15, 0.2) is 5.82 Å². The number of rotatable bonds is 4. The van der Waals surface area contributed by atoms with E-state index in [-0.39, 0.29) is 12.5 Å². The van der Waals surface area contributed by atoms with E-state index in [9.17, 15) is 13.2 Å². The first-order chi connectivity index (χ1) is 15.8. The lowest BCUT2D eigenvalue weighted by Gasteiger charge is -2.30. The maximum absolute atomic E-state index is 13.1. The zero-order valence-electron chi connectivity index (χ0n) is 18.4. The Bertz CT molecular complexity index is 1110. The highest BCUT2D eigenvalue weighted by molar-refractivity contribution is 6.02. The van der Waals surface area contributed by atoms with Crippen molar-refractivity contribution in [1.82, 2.24) is 15.1 Å². The number of alkyl halides is 3. The summed E-state index contributed by atoms with van der Waals surface area (Å²) in [5.74, 6) is 0.701. The summed E-state index contributed by atoms with van der Waals surface area (Å²) in [7, 11) is 3.70. The van der Waals surface area contributed by atoms with Gasteiger partial charge in [-0.3, -0.25) is 4.79 Å². The highest BCUT2D eigenvalue weighted by Gasteiger charge is 2.31. The Morgan fingerprint density at radius 1 is 1.15 bits per heavy atom. The second-order valence-corrected chi connectivity index (χ2v) is 7.80. The average molecular weight is 461 g/mol. The zero-order chi connectivity index (χ0) is 24.0. The molecule has 10 heteroatoms. The number of carbonyl (C=O) groups is 1. The van der Waals surface area contributed by atoms with Gasteiger partial charge in [-0.05, 0) is 38.6 Å². The third kappa shape index (κ3) is 5.70.